The molecule has 0 saturated carbocycles. The molecule has 1 heterocycles. The molecule has 0 saturated heterocycles. The van der Waals surface area contributed by atoms with E-state index in [0.717, 1.165) is 5.56 Å². The molecular weight excluding hydrogens is 242 g/mol. The first-order valence-corrected chi connectivity index (χ1v) is 5.51. The van der Waals surface area contributed by atoms with Crippen molar-refractivity contribution in [2.24, 2.45) is 0 Å². The molecule has 2 rings (SSSR count). The number of nitrogens with one attached hydrogen (secondary N) is 1. The van der Waals surface area contributed by atoms with Gasteiger partial charge < -0.3 is 9.84 Å². The van der Waals surface area contributed by atoms with Gasteiger partial charge in [-0.05, 0) is 17.7 Å². The van der Waals surface area contributed by atoms with E-state index in [1.54, 1.807) is 12.1 Å². The van der Waals surface area contributed by atoms with Gasteiger partial charge in [0.1, 0.15) is 0 Å². The number of halogens is 1. The lowest BCUT2D eigenvalue weighted by molar-refractivity contribution is 0.0949. The molecule has 1 N–H and O–H groups in total. The van der Waals surface area contributed by atoms with Crippen LogP contribution < -0.4 is 5.32 Å². The molecule has 6 heteroatoms. The number of nitrogens with zero attached hydrogens (tertiary/aromatic N) is 2. The average Bonchev–Trinajstić information content (AvgIpc) is 2.89. The lowest BCUT2D eigenvalue weighted by Crippen LogP contribution is -2.23. The first-order valence-electron chi connectivity index (χ1n) is 4.98. The van der Waals surface area contributed by atoms with E-state index < -0.39 is 0 Å². The summed E-state index contributed by atoms with van der Waals surface area (Å²) in [5, 5.41) is 6.27. The highest BCUT2D eigenvalue weighted by Gasteiger charge is 2.06. The minimum absolute atomic E-state index is 0.184. The molecule has 1 aromatic carbocycles. The Morgan fingerprint density at radius 2 is 2.12 bits per heavy atom. The van der Waals surface area contributed by atoms with Gasteiger partial charge in [0.25, 0.3) is 5.91 Å². The van der Waals surface area contributed by atoms with Crippen molar-refractivity contribution < 1.29 is 9.32 Å². The van der Waals surface area contributed by atoms with Crippen LogP contribution in [0.4, 0.5) is 0 Å². The van der Waals surface area contributed by atoms with Crippen LogP contribution in [0, 0.1) is 0 Å². The number of carbonyl (C=O) groups is 1. The van der Waals surface area contributed by atoms with Crippen molar-refractivity contribution >= 4 is 17.5 Å². The SMILES string of the molecule is O=C(NCc1ncon1)c1ccc(CCl)cc1. The van der Waals surface area contributed by atoms with Crippen molar-refractivity contribution in [3.8, 4) is 0 Å². The van der Waals surface area contributed by atoms with Crippen molar-refractivity contribution in [1.29, 1.82) is 0 Å². The zero-order valence-electron chi connectivity index (χ0n) is 8.89. The fourth-order valence-corrected chi connectivity index (χ4v) is 1.46. The molecule has 88 valence electrons. The molecule has 0 spiro atoms. The van der Waals surface area contributed by atoms with Crippen LogP contribution in [0.2, 0.25) is 0 Å². The summed E-state index contributed by atoms with van der Waals surface area (Å²) in [5.74, 6) is 0.691. The van der Waals surface area contributed by atoms with Gasteiger partial charge >= 0.3 is 0 Å². The molecule has 0 bridgehead atoms. The Balaban J connectivity index is 1.95. The van der Waals surface area contributed by atoms with Gasteiger partial charge in [0.05, 0.1) is 6.54 Å². The molecule has 0 unspecified atom stereocenters. The van der Waals surface area contributed by atoms with Gasteiger partial charge in [0.2, 0.25) is 6.39 Å². The number of alkyl halides is 1. The van der Waals surface area contributed by atoms with Gasteiger partial charge in [0, 0.05) is 11.4 Å². The molecule has 0 fully saturated rings. The summed E-state index contributed by atoms with van der Waals surface area (Å²) in [6.07, 6.45) is 1.22. The number of rotatable bonds is 4. The van der Waals surface area contributed by atoms with E-state index in [9.17, 15) is 4.79 Å². The summed E-state index contributed by atoms with van der Waals surface area (Å²) in [4.78, 5) is 15.5. The quantitative estimate of drug-likeness (QED) is 0.841. The highest BCUT2D eigenvalue weighted by Crippen LogP contribution is 2.06. The van der Waals surface area contributed by atoms with Gasteiger partial charge in [-0.15, -0.1) is 11.6 Å². The minimum Gasteiger partial charge on any atom is -0.345 e. The van der Waals surface area contributed by atoms with Crippen LogP contribution in [0.25, 0.3) is 0 Å². The fourth-order valence-electron chi connectivity index (χ4n) is 1.28. The first kappa shape index (κ1) is 11.6. The fraction of sp³-hybridized carbons (Fsp3) is 0.182. The van der Waals surface area contributed by atoms with Crippen molar-refractivity contribution in [3.05, 3.63) is 47.6 Å². The summed E-state index contributed by atoms with van der Waals surface area (Å²) < 4.78 is 4.56. The second kappa shape index (κ2) is 5.45. The monoisotopic (exact) mass is 251 g/mol. The Morgan fingerprint density at radius 3 is 2.71 bits per heavy atom. The Labute approximate surface area is 103 Å². The maximum Gasteiger partial charge on any atom is 0.251 e. The summed E-state index contributed by atoms with van der Waals surface area (Å²) in [6.45, 7) is 0.243. The van der Waals surface area contributed by atoms with Crippen LogP contribution in [-0.4, -0.2) is 16.0 Å². The molecule has 17 heavy (non-hydrogen) atoms. The third-order valence-corrected chi connectivity index (χ3v) is 2.49. The largest absolute Gasteiger partial charge is 0.345 e. The molecule has 0 atom stereocenters. The van der Waals surface area contributed by atoms with Crippen LogP contribution >= 0.6 is 11.6 Å². The number of amides is 1. The molecule has 1 aromatic heterocycles. The standard InChI is InChI=1S/C11H10ClN3O2/c12-5-8-1-3-9(4-2-8)11(16)13-6-10-14-7-17-15-10/h1-4,7H,5-6H2,(H,13,16). The van der Waals surface area contributed by atoms with Gasteiger partial charge in [-0.1, -0.05) is 17.3 Å². The Kier molecular flexibility index (Phi) is 3.72. The number of hydrogen-bond acceptors (Lipinski definition) is 4. The van der Waals surface area contributed by atoms with Crippen molar-refractivity contribution in [2.45, 2.75) is 12.4 Å². The number of aromatic nitrogens is 2. The van der Waals surface area contributed by atoms with Crippen molar-refractivity contribution in [1.82, 2.24) is 15.5 Å². The predicted octanol–water partition coefficient (Wildman–Crippen LogP) is 1.74. The highest BCUT2D eigenvalue weighted by atomic mass is 35.5. The Bertz CT molecular complexity index is 482. The van der Waals surface area contributed by atoms with E-state index in [2.05, 4.69) is 20.0 Å². The lowest BCUT2D eigenvalue weighted by atomic mass is 10.1. The van der Waals surface area contributed by atoms with Gasteiger partial charge in [-0.2, -0.15) is 4.98 Å². The van der Waals surface area contributed by atoms with Crippen molar-refractivity contribution in [3.63, 3.8) is 0 Å². The molecule has 2 aromatic rings. The predicted molar refractivity (Wildman–Crippen MR) is 61.5 cm³/mol. The molecule has 0 aliphatic heterocycles. The second-order valence-electron chi connectivity index (χ2n) is 3.36. The van der Waals surface area contributed by atoms with Crippen LogP contribution in [0.5, 0.6) is 0 Å². The summed E-state index contributed by atoms with van der Waals surface area (Å²) in [6, 6.07) is 7.08. The van der Waals surface area contributed by atoms with E-state index in [1.807, 2.05) is 12.1 Å². The second-order valence-corrected chi connectivity index (χ2v) is 3.63. The Hall–Kier alpha value is -1.88. The van der Waals surface area contributed by atoms with Crippen LogP contribution in [-0.2, 0) is 12.4 Å². The van der Waals surface area contributed by atoms with Crippen LogP contribution in [0.15, 0.2) is 35.2 Å². The summed E-state index contributed by atoms with van der Waals surface area (Å²) >= 11 is 5.66. The number of carbonyl (C=O) groups excluding carboxylic acids is 1. The van der Waals surface area contributed by atoms with E-state index in [0.29, 0.717) is 17.3 Å². The third kappa shape index (κ3) is 3.04. The maximum absolute atomic E-state index is 11.7. The number of benzene rings is 1. The van der Waals surface area contributed by atoms with E-state index in [4.69, 9.17) is 11.6 Å². The lowest BCUT2D eigenvalue weighted by Gasteiger charge is -2.03. The van der Waals surface area contributed by atoms with E-state index in [1.165, 1.54) is 6.39 Å². The highest BCUT2D eigenvalue weighted by molar-refractivity contribution is 6.17. The van der Waals surface area contributed by atoms with Crippen molar-refractivity contribution in [2.75, 3.05) is 0 Å². The van der Waals surface area contributed by atoms with Gasteiger partial charge in [-0.3, -0.25) is 4.79 Å². The van der Waals surface area contributed by atoms with E-state index in [-0.39, 0.29) is 12.5 Å². The van der Waals surface area contributed by atoms with Crippen LogP contribution in [0.1, 0.15) is 21.7 Å². The zero-order chi connectivity index (χ0) is 12.1. The maximum atomic E-state index is 11.7. The number of hydrogen-bond donors (Lipinski definition) is 1. The molecule has 1 amide bonds. The third-order valence-electron chi connectivity index (χ3n) is 2.18. The molecule has 0 radical (unpaired) electrons. The minimum atomic E-state index is -0.184. The van der Waals surface area contributed by atoms with Crippen LogP contribution in [0.3, 0.4) is 0 Å². The smallest absolute Gasteiger partial charge is 0.251 e. The topological polar surface area (TPSA) is 68.0 Å². The Morgan fingerprint density at radius 1 is 1.35 bits per heavy atom. The summed E-state index contributed by atoms with van der Waals surface area (Å²) in [7, 11) is 0. The molecular formula is C11H10ClN3O2. The van der Waals surface area contributed by atoms with Gasteiger partial charge in [-0.25, -0.2) is 0 Å². The normalized spacial score (nSPS) is 10.2. The molecule has 5 nitrogen and oxygen atoms in total. The molecule has 0 aliphatic rings. The molecule has 0 aliphatic carbocycles. The first-order chi connectivity index (χ1) is 8.29. The van der Waals surface area contributed by atoms with Gasteiger partial charge in [0.15, 0.2) is 5.82 Å². The van der Waals surface area contributed by atoms with E-state index >= 15 is 0 Å². The zero-order valence-corrected chi connectivity index (χ0v) is 9.65. The summed E-state index contributed by atoms with van der Waals surface area (Å²) in [5.41, 5.74) is 1.55. The average molecular weight is 252 g/mol.